The summed E-state index contributed by atoms with van der Waals surface area (Å²) in [4.78, 5) is 24.5. The molecule has 3 aliphatic rings. The summed E-state index contributed by atoms with van der Waals surface area (Å²) >= 11 is 0. The zero-order valence-corrected chi connectivity index (χ0v) is 15.1. The molecule has 0 unspecified atom stereocenters. The van der Waals surface area contributed by atoms with E-state index in [4.69, 9.17) is 9.47 Å². The van der Waals surface area contributed by atoms with Crippen molar-refractivity contribution in [2.75, 3.05) is 0 Å². The summed E-state index contributed by atoms with van der Waals surface area (Å²) in [5.41, 5.74) is 1.25. The molecule has 0 amide bonds. The van der Waals surface area contributed by atoms with E-state index in [1.54, 1.807) is 19.9 Å². The molecule has 5 heteroatoms. The number of ether oxygens (including phenoxy) is 2. The number of esters is 2. The molecule has 0 aromatic heterocycles. The highest BCUT2D eigenvalue weighted by molar-refractivity contribution is 5.91. The van der Waals surface area contributed by atoms with Crippen molar-refractivity contribution in [3.05, 3.63) is 36.0 Å². The number of hydrogen-bond donors (Lipinski definition) is 1. The Labute approximate surface area is 148 Å². The largest absolute Gasteiger partial charge is 0.458 e. The van der Waals surface area contributed by atoms with Gasteiger partial charge in [-0.25, -0.2) is 9.59 Å². The minimum Gasteiger partial charge on any atom is -0.458 e. The number of carbonyl (C=O) groups is 2. The number of rotatable bonds is 2. The Morgan fingerprint density at radius 1 is 1.44 bits per heavy atom. The van der Waals surface area contributed by atoms with Gasteiger partial charge in [-0.15, -0.1) is 0 Å². The molecule has 3 fully saturated rings. The van der Waals surface area contributed by atoms with Crippen molar-refractivity contribution in [1.29, 1.82) is 0 Å². The highest BCUT2D eigenvalue weighted by atomic mass is 16.6. The van der Waals surface area contributed by atoms with Crippen LogP contribution >= 0.6 is 0 Å². The van der Waals surface area contributed by atoms with E-state index in [1.807, 2.05) is 6.92 Å². The Morgan fingerprint density at radius 3 is 2.76 bits per heavy atom. The number of carbonyl (C=O) groups excluding carboxylic acids is 2. The third-order valence-corrected chi connectivity index (χ3v) is 6.30. The van der Waals surface area contributed by atoms with Crippen LogP contribution in [0.3, 0.4) is 0 Å². The van der Waals surface area contributed by atoms with Crippen LogP contribution in [-0.4, -0.2) is 35.4 Å². The topological polar surface area (TPSA) is 72.8 Å². The lowest BCUT2D eigenvalue weighted by molar-refractivity contribution is -0.177. The second-order valence-electron chi connectivity index (χ2n) is 7.74. The highest BCUT2D eigenvalue weighted by Crippen LogP contribution is 2.57. The van der Waals surface area contributed by atoms with E-state index in [2.05, 4.69) is 13.2 Å². The maximum absolute atomic E-state index is 12.4. The van der Waals surface area contributed by atoms with Gasteiger partial charge in [0.05, 0.1) is 12.0 Å². The van der Waals surface area contributed by atoms with E-state index in [0.717, 1.165) is 5.57 Å². The van der Waals surface area contributed by atoms with Crippen LogP contribution in [0, 0.1) is 17.3 Å². The Balaban J connectivity index is 2.04. The Morgan fingerprint density at radius 2 is 2.12 bits per heavy atom. The van der Waals surface area contributed by atoms with Crippen LogP contribution in [-0.2, 0) is 19.1 Å². The predicted octanol–water partition coefficient (Wildman–Crippen LogP) is 2.70. The molecular weight excluding hydrogens is 320 g/mol. The van der Waals surface area contributed by atoms with E-state index in [1.165, 1.54) is 0 Å². The van der Waals surface area contributed by atoms with Crippen LogP contribution < -0.4 is 0 Å². The van der Waals surface area contributed by atoms with Gasteiger partial charge in [0.2, 0.25) is 0 Å². The summed E-state index contributed by atoms with van der Waals surface area (Å²) in [5, 5.41) is 10.7. The highest BCUT2D eigenvalue weighted by Gasteiger charge is 2.62. The van der Waals surface area contributed by atoms with Crippen molar-refractivity contribution in [2.45, 2.75) is 58.3 Å². The molecule has 1 N–H and O–H groups in total. The van der Waals surface area contributed by atoms with Crippen LogP contribution in [0.15, 0.2) is 36.0 Å². The van der Waals surface area contributed by atoms with Crippen molar-refractivity contribution >= 4 is 11.9 Å². The van der Waals surface area contributed by atoms with Gasteiger partial charge in [0.25, 0.3) is 0 Å². The second-order valence-corrected chi connectivity index (χ2v) is 7.74. The van der Waals surface area contributed by atoms with Gasteiger partial charge in [-0.1, -0.05) is 31.7 Å². The molecule has 2 aliphatic carbocycles. The molecular formula is C20H26O5. The van der Waals surface area contributed by atoms with Gasteiger partial charge >= 0.3 is 11.9 Å². The fourth-order valence-corrected chi connectivity index (χ4v) is 4.69. The van der Waals surface area contributed by atoms with Crippen LogP contribution in [0.2, 0.25) is 0 Å². The van der Waals surface area contributed by atoms with Crippen LogP contribution in [0.4, 0.5) is 0 Å². The minimum atomic E-state index is -0.604. The lowest BCUT2D eigenvalue weighted by Crippen LogP contribution is -2.58. The molecule has 3 rings (SSSR count). The van der Waals surface area contributed by atoms with E-state index < -0.39 is 35.7 Å². The molecule has 0 spiro atoms. The molecule has 25 heavy (non-hydrogen) atoms. The maximum atomic E-state index is 12.4. The summed E-state index contributed by atoms with van der Waals surface area (Å²) in [6, 6.07) is 0. The van der Waals surface area contributed by atoms with Gasteiger partial charge in [-0.3, -0.25) is 0 Å². The fourth-order valence-electron chi connectivity index (χ4n) is 4.69. The first-order chi connectivity index (χ1) is 11.7. The summed E-state index contributed by atoms with van der Waals surface area (Å²) in [6.45, 7) is 13.5. The third kappa shape index (κ3) is 2.65. The molecule has 2 saturated carbocycles. The SMILES string of the molecule is C=C1C(=O)O[C@H]2C[C@@]3(C)[C@H](O)CCC(=C)[C@@H]3[C@@H](OC(=O)/C(C)=C\C)[C@H]12. The van der Waals surface area contributed by atoms with Crippen molar-refractivity contribution in [2.24, 2.45) is 17.3 Å². The Kier molecular flexibility index (Phi) is 4.40. The van der Waals surface area contributed by atoms with Crippen LogP contribution in [0.1, 0.15) is 40.0 Å². The van der Waals surface area contributed by atoms with Gasteiger partial charge in [0.15, 0.2) is 0 Å². The van der Waals surface area contributed by atoms with Crippen molar-refractivity contribution in [1.82, 2.24) is 0 Å². The number of allylic oxidation sites excluding steroid dienone is 1. The molecule has 1 heterocycles. The van der Waals surface area contributed by atoms with Crippen molar-refractivity contribution < 1.29 is 24.2 Å². The van der Waals surface area contributed by atoms with Gasteiger partial charge < -0.3 is 14.6 Å². The number of aliphatic hydroxyl groups excluding tert-OH is 1. The fraction of sp³-hybridized carbons (Fsp3) is 0.600. The van der Waals surface area contributed by atoms with E-state index in [0.29, 0.717) is 30.4 Å². The molecule has 0 bridgehead atoms. The second kappa shape index (κ2) is 6.13. The predicted molar refractivity (Wildman–Crippen MR) is 92.4 cm³/mol. The lowest BCUT2D eigenvalue weighted by Gasteiger charge is -2.54. The Bertz CT molecular complexity index is 676. The maximum Gasteiger partial charge on any atom is 0.334 e. The minimum absolute atomic E-state index is 0.225. The zero-order chi connectivity index (χ0) is 18.5. The van der Waals surface area contributed by atoms with E-state index in [-0.39, 0.29) is 11.8 Å². The van der Waals surface area contributed by atoms with Crippen molar-refractivity contribution in [3.8, 4) is 0 Å². The molecule has 1 aliphatic heterocycles. The van der Waals surface area contributed by atoms with Crippen LogP contribution in [0.25, 0.3) is 0 Å². The summed E-state index contributed by atoms with van der Waals surface area (Å²) in [7, 11) is 0. The van der Waals surface area contributed by atoms with Gasteiger partial charge in [-0.05, 0) is 33.1 Å². The van der Waals surface area contributed by atoms with Crippen LogP contribution in [0.5, 0.6) is 0 Å². The van der Waals surface area contributed by atoms with E-state index >= 15 is 0 Å². The first kappa shape index (κ1) is 17.9. The van der Waals surface area contributed by atoms with Gasteiger partial charge in [0, 0.05) is 22.5 Å². The summed E-state index contributed by atoms with van der Waals surface area (Å²) in [6.07, 6.45) is 1.92. The number of fused-ring (bicyclic) bond motifs is 2. The molecule has 0 aromatic carbocycles. The molecule has 1 saturated heterocycles. The normalized spacial score (nSPS) is 41.0. The molecule has 5 nitrogen and oxygen atoms in total. The molecule has 6 atom stereocenters. The first-order valence-corrected chi connectivity index (χ1v) is 8.80. The third-order valence-electron chi connectivity index (χ3n) is 6.30. The van der Waals surface area contributed by atoms with Crippen molar-refractivity contribution in [3.63, 3.8) is 0 Å². The summed E-state index contributed by atoms with van der Waals surface area (Å²) in [5.74, 6) is -1.48. The quantitative estimate of drug-likeness (QED) is 0.473. The average Bonchev–Trinajstić information content (AvgIpc) is 2.84. The zero-order valence-electron chi connectivity index (χ0n) is 15.1. The summed E-state index contributed by atoms with van der Waals surface area (Å²) < 4.78 is 11.3. The smallest absolute Gasteiger partial charge is 0.334 e. The molecule has 0 aromatic rings. The Hall–Kier alpha value is -1.88. The molecule has 136 valence electrons. The first-order valence-electron chi connectivity index (χ1n) is 8.80. The lowest BCUT2D eigenvalue weighted by atomic mass is 9.53. The van der Waals surface area contributed by atoms with Gasteiger partial charge in [-0.2, -0.15) is 0 Å². The average molecular weight is 346 g/mol. The monoisotopic (exact) mass is 346 g/mol. The molecule has 0 radical (unpaired) electrons. The van der Waals surface area contributed by atoms with Gasteiger partial charge in [0.1, 0.15) is 12.2 Å². The standard InChI is InChI=1S/C20H26O5/c1-6-10(2)18(22)25-17-15-12(4)19(23)24-13(15)9-20(5)14(21)8-7-11(3)16(17)20/h6,13-17,21H,3-4,7-9H2,1-2,5H3/b10-6-/t13-,14+,15+,16+,17-,20-/m0/s1. The van der Waals surface area contributed by atoms with E-state index in [9.17, 15) is 14.7 Å². The number of hydrogen-bond acceptors (Lipinski definition) is 5. The number of aliphatic hydroxyl groups is 1.